The topological polar surface area (TPSA) is 101 Å². The van der Waals surface area contributed by atoms with Crippen LogP contribution >= 0.6 is 0 Å². The van der Waals surface area contributed by atoms with Crippen molar-refractivity contribution >= 4 is 26.7 Å². The molecule has 0 aliphatic rings. The monoisotopic (exact) mass is 476 g/mol. The number of amides is 1. The highest BCUT2D eigenvalue weighted by Gasteiger charge is 2.18. The minimum atomic E-state index is -3.52. The van der Waals surface area contributed by atoms with Crippen molar-refractivity contribution in [1.29, 1.82) is 0 Å². The highest BCUT2D eigenvalue weighted by atomic mass is 32.2. The predicted molar refractivity (Wildman–Crippen MR) is 130 cm³/mol. The van der Waals surface area contributed by atoms with Crippen LogP contribution in [0.2, 0.25) is 0 Å². The molecule has 0 atom stereocenters. The number of nitrogens with zero attached hydrogens (tertiary/aromatic N) is 3. The first kappa shape index (κ1) is 23.3. The van der Waals surface area contributed by atoms with Gasteiger partial charge in [0.1, 0.15) is 0 Å². The third-order valence-corrected chi connectivity index (χ3v) is 7.24. The van der Waals surface area contributed by atoms with E-state index in [1.807, 2.05) is 30.3 Å². The molecule has 0 bridgehead atoms. The van der Waals surface area contributed by atoms with Crippen LogP contribution < -0.4 is 10.9 Å². The van der Waals surface area contributed by atoms with Crippen LogP contribution in [0.25, 0.3) is 10.8 Å². The molecular weight excluding hydrogens is 452 g/mol. The van der Waals surface area contributed by atoms with E-state index in [0.29, 0.717) is 10.8 Å². The largest absolute Gasteiger partial charge is 0.347 e. The molecule has 0 fully saturated rings. The smallest absolute Gasteiger partial charge is 0.274 e. The van der Waals surface area contributed by atoms with Gasteiger partial charge in [-0.1, -0.05) is 60.7 Å². The fourth-order valence-corrected chi connectivity index (χ4v) is 4.42. The Morgan fingerprint density at radius 3 is 2.15 bits per heavy atom. The van der Waals surface area contributed by atoms with E-state index in [-0.39, 0.29) is 29.2 Å². The van der Waals surface area contributed by atoms with Crippen molar-refractivity contribution in [2.24, 2.45) is 0 Å². The molecular formula is C25H24N4O4S. The van der Waals surface area contributed by atoms with Gasteiger partial charge < -0.3 is 5.32 Å². The molecule has 34 heavy (non-hydrogen) atoms. The molecule has 0 aliphatic carbocycles. The number of sulfonamides is 1. The number of benzene rings is 3. The van der Waals surface area contributed by atoms with E-state index in [1.165, 1.54) is 30.9 Å². The first-order chi connectivity index (χ1) is 16.3. The molecule has 8 nitrogen and oxygen atoms in total. The van der Waals surface area contributed by atoms with E-state index < -0.39 is 15.9 Å². The molecule has 0 radical (unpaired) electrons. The lowest BCUT2D eigenvalue weighted by atomic mass is 10.1. The van der Waals surface area contributed by atoms with E-state index in [0.717, 1.165) is 15.4 Å². The summed E-state index contributed by atoms with van der Waals surface area (Å²) in [7, 11) is -0.583. The maximum atomic E-state index is 13.1. The summed E-state index contributed by atoms with van der Waals surface area (Å²) in [5.74, 6) is -0.428. The third-order valence-electron chi connectivity index (χ3n) is 5.41. The van der Waals surface area contributed by atoms with Gasteiger partial charge in [0, 0.05) is 26.0 Å². The first-order valence-electron chi connectivity index (χ1n) is 10.6. The van der Waals surface area contributed by atoms with Gasteiger partial charge in [0.05, 0.1) is 16.8 Å². The Morgan fingerprint density at radius 2 is 1.50 bits per heavy atom. The number of carbonyl (C=O) groups excluding carboxylic acids is 1. The van der Waals surface area contributed by atoms with Crippen molar-refractivity contribution in [3.63, 3.8) is 0 Å². The molecule has 0 spiro atoms. The van der Waals surface area contributed by atoms with Crippen LogP contribution in [0.15, 0.2) is 88.6 Å². The van der Waals surface area contributed by atoms with Gasteiger partial charge in [0.25, 0.3) is 11.5 Å². The van der Waals surface area contributed by atoms with Crippen LogP contribution in [0.3, 0.4) is 0 Å². The summed E-state index contributed by atoms with van der Waals surface area (Å²) in [6.45, 7) is 0.418. The van der Waals surface area contributed by atoms with Crippen molar-refractivity contribution in [2.75, 3.05) is 14.1 Å². The van der Waals surface area contributed by atoms with Crippen molar-refractivity contribution in [2.45, 2.75) is 18.0 Å². The lowest BCUT2D eigenvalue weighted by Gasteiger charge is -2.13. The molecule has 9 heteroatoms. The second kappa shape index (κ2) is 9.58. The molecule has 174 valence electrons. The number of hydrogen-bond acceptors (Lipinski definition) is 5. The third kappa shape index (κ3) is 4.75. The lowest BCUT2D eigenvalue weighted by molar-refractivity contribution is 0.0945. The van der Waals surface area contributed by atoms with E-state index in [9.17, 15) is 18.0 Å². The van der Waals surface area contributed by atoms with E-state index in [4.69, 9.17) is 0 Å². The first-order valence-corrected chi connectivity index (χ1v) is 12.0. The molecule has 0 aliphatic heterocycles. The van der Waals surface area contributed by atoms with Crippen LogP contribution in [0.4, 0.5) is 0 Å². The van der Waals surface area contributed by atoms with Gasteiger partial charge >= 0.3 is 0 Å². The molecule has 0 saturated carbocycles. The summed E-state index contributed by atoms with van der Waals surface area (Å²) < 4.78 is 26.9. The Morgan fingerprint density at radius 1 is 0.882 bits per heavy atom. The van der Waals surface area contributed by atoms with Gasteiger partial charge in [-0.05, 0) is 29.3 Å². The summed E-state index contributed by atoms with van der Waals surface area (Å²) in [5.41, 5.74) is 1.51. The summed E-state index contributed by atoms with van der Waals surface area (Å²) in [6, 6.07) is 22.6. The van der Waals surface area contributed by atoms with Crippen LogP contribution in [0, 0.1) is 0 Å². The molecule has 1 N–H and O–H groups in total. The zero-order valence-electron chi connectivity index (χ0n) is 18.8. The summed E-state index contributed by atoms with van der Waals surface area (Å²) in [5, 5.41) is 8.09. The lowest BCUT2D eigenvalue weighted by Crippen LogP contribution is -2.30. The van der Waals surface area contributed by atoms with Crippen LogP contribution in [-0.4, -0.2) is 42.5 Å². The Kier molecular flexibility index (Phi) is 6.58. The van der Waals surface area contributed by atoms with E-state index >= 15 is 0 Å². The predicted octanol–water partition coefficient (Wildman–Crippen LogP) is 2.63. The Labute approximate surface area is 197 Å². The molecule has 1 aromatic heterocycles. The van der Waals surface area contributed by atoms with Gasteiger partial charge in [-0.2, -0.15) is 5.10 Å². The standard InChI is InChI=1S/C25H24N4O4S/c1-28(2)34(32,33)20-14-12-18(13-15-20)16-26-24(30)23-21-10-6-7-11-22(21)25(31)29(27-23)17-19-8-4-3-5-9-19/h3-15H,16-17H2,1-2H3,(H,26,30). The Hall–Kier alpha value is -3.82. The fourth-order valence-electron chi connectivity index (χ4n) is 3.52. The second-order valence-corrected chi connectivity index (χ2v) is 10.1. The molecule has 1 heterocycles. The zero-order chi connectivity index (χ0) is 24.3. The molecule has 0 saturated heterocycles. The quantitative estimate of drug-likeness (QED) is 0.442. The molecule has 3 aromatic carbocycles. The Bertz CT molecular complexity index is 1500. The van der Waals surface area contributed by atoms with Crippen LogP contribution in [0.5, 0.6) is 0 Å². The number of fused-ring (bicyclic) bond motifs is 1. The molecule has 0 unspecified atom stereocenters. The fraction of sp³-hybridized carbons (Fsp3) is 0.160. The average Bonchev–Trinajstić information content (AvgIpc) is 2.85. The second-order valence-electron chi connectivity index (χ2n) is 7.96. The van der Waals surface area contributed by atoms with E-state index in [2.05, 4.69) is 10.4 Å². The number of carbonyl (C=O) groups is 1. The van der Waals surface area contributed by atoms with Gasteiger partial charge in [0.2, 0.25) is 10.0 Å². The minimum absolute atomic E-state index is 0.151. The van der Waals surface area contributed by atoms with Gasteiger partial charge in [-0.15, -0.1) is 0 Å². The number of nitrogens with one attached hydrogen (secondary N) is 1. The highest BCUT2D eigenvalue weighted by Crippen LogP contribution is 2.16. The minimum Gasteiger partial charge on any atom is -0.347 e. The van der Waals surface area contributed by atoms with Crippen molar-refractivity contribution in [3.8, 4) is 0 Å². The molecule has 4 aromatic rings. The van der Waals surface area contributed by atoms with Crippen LogP contribution in [-0.2, 0) is 23.1 Å². The number of hydrogen-bond donors (Lipinski definition) is 1. The highest BCUT2D eigenvalue weighted by molar-refractivity contribution is 7.89. The van der Waals surface area contributed by atoms with Crippen molar-refractivity contribution in [3.05, 3.63) is 106 Å². The SMILES string of the molecule is CN(C)S(=O)(=O)c1ccc(CNC(=O)c2nn(Cc3ccccc3)c(=O)c3ccccc23)cc1. The molecule has 1 amide bonds. The number of rotatable bonds is 7. The maximum Gasteiger partial charge on any atom is 0.274 e. The maximum absolute atomic E-state index is 13.1. The summed E-state index contributed by atoms with van der Waals surface area (Å²) >= 11 is 0. The Balaban J connectivity index is 1.60. The van der Waals surface area contributed by atoms with E-state index in [1.54, 1.807) is 36.4 Å². The summed E-state index contributed by atoms with van der Waals surface area (Å²) in [6.07, 6.45) is 0. The van der Waals surface area contributed by atoms with Crippen molar-refractivity contribution < 1.29 is 13.2 Å². The molecule has 4 rings (SSSR count). The average molecular weight is 477 g/mol. The number of aromatic nitrogens is 2. The van der Waals surface area contributed by atoms with Gasteiger partial charge in [-0.3, -0.25) is 9.59 Å². The van der Waals surface area contributed by atoms with Crippen molar-refractivity contribution in [1.82, 2.24) is 19.4 Å². The van der Waals surface area contributed by atoms with Gasteiger partial charge in [0.15, 0.2) is 5.69 Å². The zero-order valence-corrected chi connectivity index (χ0v) is 19.6. The van der Waals surface area contributed by atoms with Gasteiger partial charge in [-0.25, -0.2) is 17.4 Å². The van der Waals surface area contributed by atoms with Crippen LogP contribution in [0.1, 0.15) is 21.6 Å². The normalized spacial score (nSPS) is 11.6. The summed E-state index contributed by atoms with van der Waals surface area (Å²) in [4.78, 5) is 26.2.